The Hall–Kier alpha value is -3.44. The number of para-hydroxylation sites is 1. The molecule has 0 fully saturated rings. The molecule has 0 spiro atoms. The SMILES string of the molecule is N#CCCN(C(=O)COC(=O)c1ccc(Cl)c([N+](=O)[O-])c1)c1ccccc1. The van der Waals surface area contributed by atoms with Crippen molar-refractivity contribution in [1.29, 1.82) is 5.26 Å². The standard InChI is InChI=1S/C18H14ClN3O5/c19-15-8-7-13(11-16(15)22(25)26)18(24)27-12-17(23)21(10-4-9-20)14-5-2-1-3-6-14/h1-3,5-8,11H,4,10,12H2. The Kier molecular flexibility index (Phi) is 6.86. The van der Waals surface area contributed by atoms with Gasteiger partial charge in [0.2, 0.25) is 0 Å². The van der Waals surface area contributed by atoms with Crippen LogP contribution in [-0.4, -0.2) is 30.0 Å². The molecule has 0 unspecified atom stereocenters. The van der Waals surface area contributed by atoms with Gasteiger partial charge in [-0.3, -0.25) is 14.9 Å². The Morgan fingerprint density at radius 3 is 2.56 bits per heavy atom. The van der Waals surface area contributed by atoms with Crippen LogP contribution in [0.5, 0.6) is 0 Å². The van der Waals surface area contributed by atoms with Crippen molar-refractivity contribution >= 4 is 34.9 Å². The molecule has 0 heterocycles. The maximum absolute atomic E-state index is 12.4. The number of anilines is 1. The van der Waals surface area contributed by atoms with Crippen molar-refractivity contribution in [2.75, 3.05) is 18.1 Å². The molecule has 0 atom stereocenters. The summed E-state index contributed by atoms with van der Waals surface area (Å²) in [5.41, 5.74) is 0.0375. The van der Waals surface area contributed by atoms with Gasteiger partial charge in [-0.1, -0.05) is 29.8 Å². The summed E-state index contributed by atoms with van der Waals surface area (Å²) in [6.45, 7) is -0.432. The van der Waals surface area contributed by atoms with E-state index < -0.39 is 29.1 Å². The average Bonchev–Trinajstić information content (AvgIpc) is 2.67. The number of carbonyl (C=O) groups excluding carboxylic acids is 2. The van der Waals surface area contributed by atoms with E-state index in [1.165, 1.54) is 17.0 Å². The highest BCUT2D eigenvalue weighted by atomic mass is 35.5. The number of esters is 1. The maximum Gasteiger partial charge on any atom is 0.338 e. The number of rotatable bonds is 7. The first kappa shape index (κ1) is 19.9. The minimum atomic E-state index is -0.892. The third-order valence-electron chi connectivity index (χ3n) is 3.52. The largest absolute Gasteiger partial charge is 0.452 e. The van der Waals surface area contributed by atoms with Crippen LogP contribution in [0.25, 0.3) is 0 Å². The van der Waals surface area contributed by atoms with Gasteiger partial charge in [-0.25, -0.2) is 4.79 Å². The first-order chi connectivity index (χ1) is 12.9. The van der Waals surface area contributed by atoms with Gasteiger partial charge >= 0.3 is 5.97 Å². The van der Waals surface area contributed by atoms with Crippen LogP contribution in [0.3, 0.4) is 0 Å². The molecule has 0 N–H and O–H groups in total. The predicted octanol–water partition coefficient (Wildman–Crippen LogP) is 3.35. The second-order valence-electron chi connectivity index (χ2n) is 5.29. The van der Waals surface area contributed by atoms with E-state index in [2.05, 4.69) is 0 Å². The van der Waals surface area contributed by atoms with Crippen LogP contribution in [0.1, 0.15) is 16.8 Å². The quantitative estimate of drug-likeness (QED) is 0.409. The molecule has 0 bridgehead atoms. The van der Waals surface area contributed by atoms with E-state index in [1.54, 1.807) is 30.3 Å². The number of nitrogens with zero attached hydrogens (tertiary/aromatic N) is 3. The molecule has 1 amide bonds. The zero-order chi connectivity index (χ0) is 19.8. The van der Waals surface area contributed by atoms with Crippen LogP contribution in [0.15, 0.2) is 48.5 Å². The number of hydrogen-bond donors (Lipinski definition) is 0. The number of benzene rings is 2. The number of hydrogen-bond acceptors (Lipinski definition) is 6. The number of halogens is 1. The van der Waals surface area contributed by atoms with Crippen molar-refractivity contribution in [2.24, 2.45) is 0 Å². The first-order valence-electron chi connectivity index (χ1n) is 7.77. The minimum Gasteiger partial charge on any atom is -0.452 e. The van der Waals surface area contributed by atoms with E-state index in [0.29, 0.717) is 5.69 Å². The van der Waals surface area contributed by atoms with Gasteiger partial charge in [-0.05, 0) is 24.3 Å². The zero-order valence-electron chi connectivity index (χ0n) is 14.0. The molecule has 9 heteroatoms. The van der Waals surface area contributed by atoms with Crippen molar-refractivity contribution in [3.8, 4) is 6.07 Å². The summed E-state index contributed by atoms with van der Waals surface area (Å²) in [7, 11) is 0. The van der Waals surface area contributed by atoms with E-state index in [4.69, 9.17) is 21.6 Å². The zero-order valence-corrected chi connectivity index (χ0v) is 14.8. The fraction of sp³-hybridized carbons (Fsp3) is 0.167. The Labute approximate surface area is 159 Å². The monoisotopic (exact) mass is 387 g/mol. The molecule has 0 saturated carbocycles. The molecule has 27 heavy (non-hydrogen) atoms. The third kappa shape index (κ3) is 5.26. The molecule has 138 valence electrons. The van der Waals surface area contributed by atoms with E-state index in [9.17, 15) is 19.7 Å². The van der Waals surface area contributed by atoms with Gasteiger partial charge in [0.1, 0.15) is 5.02 Å². The summed E-state index contributed by atoms with van der Waals surface area (Å²) in [5, 5.41) is 19.5. The molecule has 0 aliphatic rings. The lowest BCUT2D eigenvalue weighted by molar-refractivity contribution is -0.384. The lowest BCUT2D eigenvalue weighted by Crippen LogP contribution is -2.35. The van der Waals surface area contributed by atoms with Crippen LogP contribution in [0.4, 0.5) is 11.4 Å². The summed E-state index contributed by atoms with van der Waals surface area (Å²) >= 11 is 5.70. The lowest BCUT2D eigenvalue weighted by atomic mass is 10.2. The average molecular weight is 388 g/mol. The highest BCUT2D eigenvalue weighted by Gasteiger charge is 2.20. The molecule has 8 nitrogen and oxygen atoms in total. The van der Waals surface area contributed by atoms with Crippen LogP contribution in [0, 0.1) is 21.4 Å². The molecule has 0 aromatic heterocycles. The van der Waals surface area contributed by atoms with E-state index in [0.717, 1.165) is 6.07 Å². The molecule has 2 rings (SSSR count). The van der Waals surface area contributed by atoms with Gasteiger partial charge in [0.05, 0.1) is 23.0 Å². The molecule has 2 aromatic rings. The normalized spacial score (nSPS) is 9.93. The Morgan fingerprint density at radius 2 is 1.93 bits per heavy atom. The van der Waals surface area contributed by atoms with E-state index in [1.807, 2.05) is 6.07 Å². The fourth-order valence-electron chi connectivity index (χ4n) is 2.24. The molecular formula is C18H14ClN3O5. The first-order valence-corrected chi connectivity index (χ1v) is 8.15. The van der Waals surface area contributed by atoms with Crippen LogP contribution in [0.2, 0.25) is 5.02 Å². The summed E-state index contributed by atoms with van der Waals surface area (Å²) < 4.78 is 4.97. The maximum atomic E-state index is 12.4. The van der Waals surface area contributed by atoms with Crippen molar-refractivity contribution in [1.82, 2.24) is 0 Å². The smallest absolute Gasteiger partial charge is 0.338 e. The number of ether oxygens (including phenoxy) is 1. The molecular weight excluding hydrogens is 374 g/mol. The van der Waals surface area contributed by atoms with Crippen molar-refractivity contribution in [2.45, 2.75) is 6.42 Å². The number of nitriles is 1. The number of amides is 1. The molecule has 0 aliphatic carbocycles. The fourth-order valence-corrected chi connectivity index (χ4v) is 2.42. The topological polar surface area (TPSA) is 114 Å². The summed E-state index contributed by atoms with van der Waals surface area (Å²) in [6, 6.07) is 14.1. The third-order valence-corrected chi connectivity index (χ3v) is 3.84. The summed E-state index contributed by atoms with van der Waals surface area (Å²) in [5.74, 6) is -1.41. The number of nitro benzene ring substituents is 1. The molecule has 2 aromatic carbocycles. The van der Waals surface area contributed by atoms with Crippen molar-refractivity contribution in [3.63, 3.8) is 0 Å². The van der Waals surface area contributed by atoms with Gasteiger partial charge in [0.15, 0.2) is 6.61 Å². The second-order valence-corrected chi connectivity index (χ2v) is 5.70. The van der Waals surface area contributed by atoms with Crippen LogP contribution >= 0.6 is 11.6 Å². The van der Waals surface area contributed by atoms with Gasteiger partial charge < -0.3 is 9.64 Å². The molecule has 0 saturated heterocycles. The molecule has 0 aliphatic heterocycles. The summed E-state index contributed by atoms with van der Waals surface area (Å²) in [4.78, 5) is 36.0. The Bertz CT molecular complexity index is 896. The Balaban J connectivity index is 2.08. The number of nitro groups is 1. The predicted molar refractivity (Wildman–Crippen MR) is 97.4 cm³/mol. The summed E-state index contributed by atoms with van der Waals surface area (Å²) in [6.07, 6.45) is 0.109. The van der Waals surface area contributed by atoms with Gasteiger partial charge in [0.25, 0.3) is 11.6 Å². The lowest BCUT2D eigenvalue weighted by Gasteiger charge is -2.21. The van der Waals surface area contributed by atoms with Crippen LogP contribution in [-0.2, 0) is 9.53 Å². The minimum absolute atomic E-state index is 0.0952. The van der Waals surface area contributed by atoms with Gasteiger partial charge in [0, 0.05) is 18.3 Å². The van der Waals surface area contributed by atoms with Gasteiger partial charge in [-0.2, -0.15) is 5.26 Å². The highest BCUT2D eigenvalue weighted by molar-refractivity contribution is 6.32. The van der Waals surface area contributed by atoms with Crippen molar-refractivity contribution in [3.05, 3.63) is 69.2 Å². The molecule has 0 radical (unpaired) electrons. The van der Waals surface area contributed by atoms with E-state index >= 15 is 0 Å². The van der Waals surface area contributed by atoms with Crippen molar-refractivity contribution < 1.29 is 19.2 Å². The number of carbonyl (C=O) groups is 2. The highest BCUT2D eigenvalue weighted by Crippen LogP contribution is 2.25. The second kappa shape index (κ2) is 9.31. The van der Waals surface area contributed by atoms with Gasteiger partial charge in [-0.15, -0.1) is 0 Å². The Morgan fingerprint density at radius 1 is 1.22 bits per heavy atom. The van der Waals surface area contributed by atoms with E-state index in [-0.39, 0.29) is 23.6 Å². The van der Waals surface area contributed by atoms with Crippen LogP contribution < -0.4 is 4.90 Å².